The Labute approximate surface area is 154 Å². The average Bonchev–Trinajstić information content (AvgIpc) is 2.72. The zero-order valence-electron chi connectivity index (χ0n) is 14.8. The Balaban J connectivity index is 1.68. The molecule has 26 heavy (non-hydrogen) atoms. The number of amides is 2. The minimum absolute atomic E-state index is 0.175. The smallest absolute Gasteiger partial charge is 0.252 e. The average molecular weight is 351 g/mol. The Morgan fingerprint density at radius 3 is 2.38 bits per heavy atom. The molecule has 136 valence electrons. The largest absolute Gasteiger partial charge is 0.354 e. The highest BCUT2D eigenvalue weighted by Gasteiger charge is 2.24. The van der Waals surface area contributed by atoms with E-state index in [4.69, 9.17) is 0 Å². The molecule has 1 saturated heterocycles. The van der Waals surface area contributed by atoms with Crippen LogP contribution in [-0.4, -0.2) is 31.4 Å². The van der Waals surface area contributed by atoms with E-state index in [1.165, 1.54) is 0 Å². The summed E-state index contributed by atoms with van der Waals surface area (Å²) < 4.78 is 0. The maximum atomic E-state index is 12.8. The number of nitrogens with one attached hydrogen (secondary N) is 3. The van der Waals surface area contributed by atoms with E-state index < -0.39 is 6.04 Å². The standard InChI is InChI=1S/C21H25N3O2/c25-20(18-11-5-2-6-12-18)24-19(17-9-3-1-4-10-17)21(26)23-15-16-8-7-13-22-14-16/h1-6,9-12,16,19,22H,7-8,13-15H2,(H,23,26)(H,24,25). The summed E-state index contributed by atoms with van der Waals surface area (Å²) >= 11 is 0. The third-order valence-electron chi connectivity index (χ3n) is 4.67. The fourth-order valence-corrected chi connectivity index (χ4v) is 3.19. The van der Waals surface area contributed by atoms with Crippen molar-refractivity contribution in [3.05, 3.63) is 71.8 Å². The molecule has 0 spiro atoms. The Kier molecular flexibility index (Phi) is 6.39. The van der Waals surface area contributed by atoms with E-state index in [9.17, 15) is 9.59 Å². The molecule has 2 aromatic carbocycles. The molecule has 2 aromatic rings. The first-order valence-corrected chi connectivity index (χ1v) is 9.13. The molecule has 0 bridgehead atoms. The summed E-state index contributed by atoms with van der Waals surface area (Å²) in [7, 11) is 0. The number of carbonyl (C=O) groups excluding carboxylic acids is 2. The van der Waals surface area contributed by atoms with E-state index in [1.54, 1.807) is 12.1 Å². The van der Waals surface area contributed by atoms with Crippen LogP contribution in [0.4, 0.5) is 0 Å². The maximum absolute atomic E-state index is 12.8. The second-order valence-corrected chi connectivity index (χ2v) is 6.64. The van der Waals surface area contributed by atoms with Crippen LogP contribution in [0, 0.1) is 5.92 Å². The van der Waals surface area contributed by atoms with Crippen molar-refractivity contribution < 1.29 is 9.59 Å². The van der Waals surface area contributed by atoms with Crippen molar-refractivity contribution in [1.82, 2.24) is 16.0 Å². The van der Waals surface area contributed by atoms with Gasteiger partial charge < -0.3 is 16.0 Å². The summed E-state index contributed by atoms with van der Waals surface area (Å²) in [4.78, 5) is 25.3. The van der Waals surface area contributed by atoms with E-state index in [0.717, 1.165) is 31.5 Å². The number of rotatable bonds is 6. The molecule has 0 radical (unpaired) electrons. The predicted molar refractivity (Wildman–Crippen MR) is 102 cm³/mol. The summed E-state index contributed by atoms with van der Waals surface area (Å²) in [5.41, 5.74) is 1.31. The van der Waals surface area contributed by atoms with Crippen LogP contribution < -0.4 is 16.0 Å². The Morgan fingerprint density at radius 2 is 1.73 bits per heavy atom. The van der Waals surface area contributed by atoms with Gasteiger partial charge in [0, 0.05) is 12.1 Å². The van der Waals surface area contributed by atoms with Gasteiger partial charge in [0.1, 0.15) is 6.04 Å². The molecule has 5 heteroatoms. The van der Waals surface area contributed by atoms with Crippen LogP contribution in [0.15, 0.2) is 60.7 Å². The normalized spacial score (nSPS) is 17.9. The van der Waals surface area contributed by atoms with Gasteiger partial charge in [0.05, 0.1) is 0 Å². The molecule has 1 aliphatic heterocycles. The lowest BCUT2D eigenvalue weighted by molar-refractivity contribution is -0.123. The molecule has 0 aliphatic carbocycles. The van der Waals surface area contributed by atoms with Gasteiger partial charge in [-0.1, -0.05) is 48.5 Å². The van der Waals surface area contributed by atoms with Gasteiger partial charge in [-0.3, -0.25) is 9.59 Å². The second-order valence-electron chi connectivity index (χ2n) is 6.64. The molecule has 2 amide bonds. The van der Waals surface area contributed by atoms with Gasteiger partial charge in [-0.25, -0.2) is 0 Å². The number of benzene rings is 2. The molecular formula is C21H25N3O2. The molecule has 2 unspecified atom stereocenters. The van der Waals surface area contributed by atoms with Crippen molar-refractivity contribution in [3.63, 3.8) is 0 Å². The molecule has 3 N–H and O–H groups in total. The number of piperidine rings is 1. The van der Waals surface area contributed by atoms with Crippen LogP contribution in [0.1, 0.15) is 34.8 Å². The first kappa shape index (κ1) is 18.1. The minimum atomic E-state index is -0.708. The molecule has 1 heterocycles. The second kappa shape index (κ2) is 9.15. The first-order chi connectivity index (χ1) is 12.7. The van der Waals surface area contributed by atoms with Crippen molar-refractivity contribution in [1.29, 1.82) is 0 Å². The number of hydrogen-bond donors (Lipinski definition) is 3. The van der Waals surface area contributed by atoms with Gasteiger partial charge in [-0.2, -0.15) is 0 Å². The third-order valence-corrected chi connectivity index (χ3v) is 4.67. The van der Waals surface area contributed by atoms with Crippen LogP contribution in [0.25, 0.3) is 0 Å². The highest BCUT2D eigenvalue weighted by atomic mass is 16.2. The molecule has 2 atom stereocenters. The van der Waals surface area contributed by atoms with Gasteiger partial charge in [-0.15, -0.1) is 0 Å². The van der Waals surface area contributed by atoms with Gasteiger partial charge in [0.2, 0.25) is 5.91 Å². The predicted octanol–water partition coefficient (Wildman–Crippen LogP) is 2.27. The lowest BCUT2D eigenvalue weighted by Crippen LogP contribution is -2.44. The van der Waals surface area contributed by atoms with Crippen LogP contribution in [-0.2, 0) is 4.79 Å². The Hall–Kier alpha value is -2.66. The molecule has 0 saturated carbocycles. The third kappa shape index (κ3) is 4.92. The van der Waals surface area contributed by atoms with Gasteiger partial charge in [-0.05, 0) is 49.5 Å². The van der Waals surface area contributed by atoms with E-state index in [-0.39, 0.29) is 11.8 Å². The van der Waals surface area contributed by atoms with E-state index in [2.05, 4.69) is 16.0 Å². The lowest BCUT2D eigenvalue weighted by Gasteiger charge is -2.25. The van der Waals surface area contributed by atoms with Crippen LogP contribution in [0.5, 0.6) is 0 Å². The van der Waals surface area contributed by atoms with Crippen molar-refractivity contribution in [3.8, 4) is 0 Å². The lowest BCUT2D eigenvalue weighted by atomic mass is 9.99. The number of carbonyl (C=O) groups is 2. The summed E-state index contributed by atoms with van der Waals surface area (Å²) in [5.74, 6) is 0.00828. The summed E-state index contributed by atoms with van der Waals surface area (Å²) in [6.45, 7) is 2.59. The molecule has 0 aromatic heterocycles. The van der Waals surface area contributed by atoms with E-state index in [1.807, 2.05) is 48.5 Å². The highest BCUT2D eigenvalue weighted by molar-refractivity contribution is 5.97. The van der Waals surface area contributed by atoms with Crippen molar-refractivity contribution in [2.45, 2.75) is 18.9 Å². The zero-order chi connectivity index (χ0) is 18.2. The zero-order valence-corrected chi connectivity index (χ0v) is 14.8. The van der Waals surface area contributed by atoms with Crippen molar-refractivity contribution in [2.24, 2.45) is 5.92 Å². The SMILES string of the molecule is O=C(NC(C(=O)NCC1CCCNC1)c1ccccc1)c1ccccc1. The van der Waals surface area contributed by atoms with Crippen LogP contribution >= 0.6 is 0 Å². The highest BCUT2D eigenvalue weighted by Crippen LogP contribution is 2.15. The van der Waals surface area contributed by atoms with Crippen LogP contribution in [0.3, 0.4) is 0 Å². The van der Waals surface area contributed by atoms with Crippen molar-refractivity contribution in [2.75, 3.05) is 19.6 Å². The Bertz CT molecular complexity index is 713. The van der Waals surface area contributed by atoms with Crippen LogP contribution in [0.2, 0.25) is 0 Å². The van der Waals surface area contributed by atoms with Crippen molar-refractivity contribution >= 4 is 11.8 Å². The quantitative estimate of drug-likeness (QED) is 0.748. The van der Waals surface area contributed by atoms with E-state index in [0.29, 0.717) is 18.0 Å². The van der Waals surface area contributed by atoms with E-state index >= 15 is 0 Å². The molecule has 5 nitrogen and oxygen atoms in total. The fraction of sp³-hybridized carbons (Fsp3) is 0.333. The first-order valence-electron chi connectivity index (χ1n) is 9.13. The Morgan fingerprint density at radius 1 is 1.04 bits per heavy atom. The van der Waals surface area contributed by atoms with Gasteiger partial charge >= 0.3 is 0 Å². The maximum Gasteiger partial charge on any atom is 0.252 e. The number of hydrogen-bond acceptors (Lipinski definition) is 3. The molecule has 3 rings (SSSR count). The monoisotopic (exact) mass is 351 g/mol. The fourth-order valence-electron chi connectivity index (χ4n) is 3.19. The van der Waals surface area contributed by atoms with Gasteiger partial charge in [0.15, 0.2) is 0 Å². The molecule has 1 fully saturated rings. The summed E-state index contributed by atoms with van der Waals surface area (Å²) in [6.07, 6.45) is 2.24. The summed E-state index contributed by atoms with van der Waals surface area (Å²) in [6, 6.07) is 17.6. The minimum Gasteiger partial charge on any atom is -0.354 e. The summed E-state index contributed by atoms with van der Waals surface area (Å²) in [5, 5.41) is 9.24. The van der Waals surface area contributed by atoms with Gasteiger partial charge in [0.25, 0.3) is 5.91 Å². The molecular weight excluding hydrogens is 326 g/mol. The topological polar surface area (TPSA) is 70.2 Å². The molecule has 1 aliphatic rings.